The lowest BCUT2D eigenvalue weighted by atomic mass is 10.1. The number of nitrogens with zero attached hydrogens (tertiary/aromatic N) is 5. The van der Waals surface area contributed by atoms with E-state index < -0.39 is 0 Å². The van der Waals surface area contributed by atoms with Crippen molar-refractivity contribution in [3.63, 3.8) is 0 Å². The van der Waals surface area contributed by atoms with Crippen molar-refractivity contribution in [2.24, 2.45) is 0 Å². The van der Waals surface area contributed by atoms with Crippen LogP contribution in [0, 0.1) is 0 Å². The zero-order valence-corrected chi connectivity index (χ0v) is 13.7. The molecule has 0 unspecified atom stereocenters. The number of fused-ring (bicyclic) bond motifs is 1. The third kappa shape index (κ3) is 3.61. The molecule has 1 aliphatic rings. The van der Waals surface area contributed by atoms with Gasteiger partial charge in [0.05, 0.1) is 24.5 Å². The lowest BCUT2D eigenvalue weighted by Gasteiger charge is -2.13. The summed E-state index contributed by atoms with van der Waals surface area (Å²) in [5.74, 6) is 0.423. The standard InChI is InChI=1S/C18H18N6O/c25-18(12-24-7-1-2-8-24)21-17-10-15-9-13(3-4-16(15)22-23-17)14-5-6-19-20-11-14/h3-6,9-11H,1-2,7-8,12H2,(H,21,23,25). The zero-order valence-electron chi connectivity index (χ0n) is 13.7. The van der Waals surface area contributed by atoms with Crippen LogP contribution in [0.25, 0.3) is 22.0 Å². The van der Waals surface area contributed by atoms with E-state index in [0.717, 1.165) is 48.0 Å². The number of nitrogens with one attached hydrogen (secondary N) is 1. The van der Waals surface area contributed by atoms with E-state index in [2.05, 4.69) is 30.6 Å². The van der Waals surface area contributed by atoms with Gasteiger partial charge in [-0.3, -0.25) is 9.69 Å². The van der Waals surface area contributed by atoms with Gasteiger partial charge in [0.15, 0.2) is 5.82 Å². The topological polar surface area (TPSA) is 83.9 Å². The molecule has 1 fully saturated rings. The number of likely N-dealkylation sites (tertiary alicyclic amines) is 1. The number of aromatic nitrogens is 4. The Morgan fingerprint density at radius 1 is 1.04 bits per heavy atom. The van der Waals surface area contributed by atoms with Crippen molar-refractivity contribution >= 4 is 22.6 Å². The second-order valence-corrected chi connectivity index (χ2v) is 6.17. The molecule has 25 heavy (non-hydrogen) atoms. The highest BCUT2D eigenvalue weighted by molar-refractivity contribution is 5.93. The molecule has 0 radical (unpaired) electrons. The average molecular weight is 334 g/mol. The summed E-state index contributed by atoms with van der Waals surface area (Å²) in [5.41, 5.74) is 2.78. The first-order valence-electron chi connectivity index (χ1n) is 8.35. The van der Waals surface area contributed by atoms with Crippen LogP contribution in [0.15, 0.2) is 42.7 Å². The van der Waals surface area contributed by atoms with Crippen LogP contribution in [0.5, 0.6) is 0 Å². The van der Waals surface area contributed by atoms with E-state index in [-0.39, 0.29) is 5.91 Å². The quantitative estimate of drug-likeness (QED) is 0.787. The number of rotatable bonds is 4. The first kappa shape index (κ1) is 15.6. The van der Waals surface area contributed by atoms with E-state index in [0.29, 0.717) is 12.4 Å². The van der Waals surface area contributed by atoms with E-state index in [1.165, 1.54) is 0 Å². The second-order valence-electron chi connectivity index (χ2n) is 6.17. The predicted molar refractivity (Wildman–Crippen MR) is 94.9 cm³/mol. The van der Waals surface area contributed by atoms with E-state index in [1.807, 2.05) is 30.3 Å². The minimum Gasteiger partial charge on any atom is -0.308 e. The highest BCUT2D eigenvalue weighted by Crippen LogP contribution is 2.23. The second kappa shape index (κ2) is 6.90. The van der Waals surface area contributed by atoms with Crippen molar-refractivity contribution in [2.75, 3.05) is 25.0 Å². The average Bonchev–Trinajstić information content (AvgIpc) is 3.14. The van der Waals surface area contributed by atoms with Crippen molar-refractivity contribution < 1.29 is 4.79 Å². The molecule has 126 valence electrons. The summed E-state index contributed by atoms with van der Waals surface area (Å²) in [6.45, 7) is 2.38. The molecule has 1 aromatic carbocycles. The third-order valence-electron chi connectivity index (χ3n) is 4.34. The Hall–Kier alpha value is -2.93. The van der Waals surface area contributed by atoms with Crippen LogP contribution in [-0.4, -0.2) is 50.8 Å². The summed E-state index contributed by atoms with van der Waals surface area (Å²) in [7, 11) is 0. The lowest BCUT2D eigenvalue weighted by Crippen LogP contribution is -2.31. The minimum atomic E-state index is -0.0509. The Bertz CT molecular complexity index is 892. The molecule has 7 heteroatoms. The minimum absolute atomic E-state index is 0.0509. The Balaban J connectivity index is 1.55. The number of carbonyl (C=O) groups is 1. The summed E-state index contributed by atoms with van der Waals surface area (Å²) < 4.78 is 0. The maximum absolute atomic E-state index is 12.2. The summed E-state index contributed by atoms with van der Waals surface area (Å²) in [6.07, 6.45) is 5.70. The van der Waals surface area contributed by atoms with Gasteiger partial charge in [-0.15, -0.1) is 10.2 Å². The number of benzene rings is 1. The van der Waals surface area contributed by atoms with Gasteiger partial charge >= 0.3 is 0 Å². The van der Waals surface area contributed by atoms with Gasteiger partial charge in [-0.05, 0) is 55.8 Å². The van der Waals surface area contributed by atoms with Gasteiger partial charge in [-0.1, -0.05) is 6.07 Å². The largest absolute Gasteiger partial charge is 0.308 e. The van der Waals surface area contributed by atoms with Crippen molar-refractivity contribution in [3.05, 3.63) is 42.7 Å². The fourth-order valence-electron chi connectivity index (χ4n) is 3.07. The smallest absolute Gasteiger partial charge is 0.239 e. The van der Waals surface area contributed by atoms with Gasteiger partial charge in [-0.25, -0.2) is 0 Å². The van der Waals surface area contributed by atoms with Gasteiger partial charge in [0, 0.05) is 10.9 Å². The van der Waals surface area contributed by atoms with Crippen molar-refractivity contribution in [1.82, 2.24) is 25.3 Å². The fourth-order valence-corrected chi connectivity index (χ4v) is 3.07. The Morgan fingerprint density at radius 2 is 1.92 bits per heavy atom. The van der Waals surface area contributed by atoms with E-state index >= 15 is 0 Å². The lowest BCUT2D eigenvalue weighted by molar-refractivity contribution is -0.117. The molecular weight excluding hydrogens is 316 g/mol. The van der Waals surface area contributed by atoms with E-state index in [9.17, 15) is 4.79 Å². The maximum atomic E-state index is 12.2. The van der Waals surface area contributed by atoms with Crippen LogP contribution in [0.2, 0.25) is 0 Å². The molecule has 1 saturated heterocycles. The number of carbonyl (C=O) groups excluding carboxylic acids is 1. The Morgan fingerprint density at radius 3 is 2.72 bits per heavy atom. The first-order chi connectivity index (χ1) is 12.3. The van der Waals surface area contributed by atoms with Gasteiger partial charge in [-0.2, -0.15) is 10.2 Å². The molecule has 1 aliphatic heterocycles. The van der Waals surface area contributed by atoms with Crippen LogP contribution < -0.4 is 5.32 Å². The number of anilines is 1. The van der Waals surface area contributed by atoms with Gasteiger partial charge in [0.25, 0.3) is 0 Å². The summed E-state index contributed by atoms with van der Waals surface area (Å²) in [6, 6.07) is 9.65. The molecule has 0 bridgehead atoms. The number of hydrogen-bond acceptors (Lipinski definition) is 6. The van der Waals surface area contributed by atoms with Crippen molar-refractivity contribution in [2.45, 2.75) is 12.8 Å². The molecule has 2 aromatic heterocycles. The molecular formula is C18H18N6O. The van der Waals surface area contributed by atoms with Crippen LogP contribution in [0.1, 0.15) is 12.8 Å². The molecule has 3 heterocycles. The fraction of sp³-hybridized carbons (Fsp3) is 0.278. The van der Waals surface area contributed by atoms with Gasteiger partial charge in [0.1, 0.15) is 0 Å². The highest BCUT2D eigenvalue weighted by Gasteiger charge is 2.15. The molecule has 0 saturated carbocycles. The molecule has 1 amide bonds. The monoisotopic (exact) mass is 334 g/mol. The Labute approximate surface area is 145 Å². The summed E-state index contributed by atoms with van der Waals surface area (Å²) >= 11 is 0. The third-order valence-corrected chi connectivity index (χ3v) is 4.34. The number of amides is 1. The first-order valence-corrected chi connectivity index (χ1v) is 8.35. The van der Waals surface area contributed by atoms with Gasteiger partial charge in [0.2, 0.25) is 5.91 Å². The van der Waals surface area contributed by atoms with Crippen LogP contribution in [0.4, 0.5) is 5.82 Å². The molecule has 0 aliphatic carbocycles. The summed E-state index contributed by atoms with van der Waals surface area (Å²) in [5, 5.41) is 19.8. The number of hydrogen-bond donors (Lipinski definition) is 1. The molecule has 0 spiro atoms. The molecule has 0 atom stereocenters. The van der Waals surface area contributed by atoms with Crippen molar-refractivity contribution in [1.29, 1.82) is 0 Å². The molecule has 3 aromatic rings. The van der Waals surface area contributed by atoms with Crippen LogP contribution in [-0.2, 0) is 4.79 Å². The zero-order chi connectivity index (χ0) is 17.1. The molecule has 1 N–H and O–H groups in total. The van der Waals surface area contributed by atoms with E-state index in [4.69, 9.17) is 0 Å². The highest BCUT2D eigenvalue weighted by atomic mass is 16.2. The summed E-state index contributed by atoms with van der Waals surface area (Å²) in [4.78, 5) is 14.3. The normalized spacial score (nSPS) is 14.7. The SMILES string of the molecule is O=C(CN1CCCC1)Nc1cc2cc(-c3ccnnc3)ccc2nn1. The van der Waals surface area contributed by atoms with E-state index in [1.54, 1.807) is 12.4 Å². The van der Waals surface area contributed by atoms with Crippen LogP contribution in [0.3, 0.4) is 0 Å². The molecule has 7 nitrogen and oxygen atoms in total. The Kier molecular flexibility index (Phi) is 4.30. The van der Waals surface area contributed by atoms with Gasteiger partial charge < -0.3 is 5.32 Å². The predicted octanol–water partition coefficient (Wildman–Crippen LogP) is 2.12. The van der Waals surface area contributed by atoms with Crippen LogP contribution >= 0.6 is 0 Å². The van der Waals surface area contributed by atoms with Crippen molar-refractivity contribution in [3.8, 4) is 11.1 Å². The molecule has 4 rings (SSSR count). The maximum Gasteiger partial charge on any atom is 0.239 e.